The second-order valence-electron chi connectivity index (χ2n) is 7.36. The van der Waals surface area contributed by atoms with Crippen molar-refractivity contribution >= 4 is 21.4 Å². The highest BCUT2D eigenvalue weighted by atomic mass is 32.2. The molecule has 0 aromatic heterocycles. The minimum absolute atomic E-state index is 0.0221. The number of anilines is 1. The van der Waals surface area contributed by atoms with Gasteiger partial charge in [0.05, 0.1) is 4.90 Å². The summed E-state index contributed by atoms with van der Waals surface area (Å²) in [7, 11) is 0.149. The zero-order valence-corrected chi connectivity index (χ0v) is 18.2. The molecule has 0 radical (unpaired) electrons. The number of nitrogens with zero attached hydrogens (tertiary/aromatic N) is 1. The molecule has 0 unspecified atom stereocenters. The lowest BCUT2D eigenvalue weighted by molar-refractivity contribution is 0.0953. The van der Waals surface area contributed by atoms with E-state index in [2.05, 4.69) is 5.32 Å². The summed E-state index contributed by atoms with van der Waals surface area (Å²) < 4.78 is 26.8. The van der Waals surface area contributed by atoms with Crippen LogP contribution in [0.4, 0.5) is 5.69 Å². The number of rotatable bonds is 7. The number of amides is 1. The molecule has 3 rings (SSSR count). The van der Waals surface area contributed by atoms with Crippen LogP contribution in [0.1, 0.15) is 26.7 Å². The Morgan fingerprint density at radius 3 is 2.10 bits per heavy atom. The Morgan fingerprint density at radius 1 is 0.900 bits per heavy atom. The van der Waals surface area contributed by atoms with E-state index in [-0.39, 0.29) is 17.3 Å². The molecule has 0 bridgehead atoms. The van der Waals surface area contributed by atoms with E-state index in [9.17, 15) is 13.2 Å². The van der Waals surface area contributed by atoms with Gasteiger partial charge in [-0.1, -0.05) is 48.5 Å². The molecule has 5 nitrogen and oxygen atoms in total. The van der Waals surface area contributed by atoms with E-state index >= 15 is 0 Å². The number of hydrogen-bond acceptors (Lipinski definition) is 4. The topological polar surface area (TPSA) is 66.5 Å². The molecule has 0 heterocycles. The Balaban J connectivity index is 1.93. The number of carbonyl (C=O) groups is 1. The molecular weight excluding hydrogens is 396 g/mol. The molecule has 1 amide bonds. The molecule has 0 fully saturated rings. The van der Waals surface area contributed by atoms with Crippen LogP contribution in [0.15, 0.2) is 83.8 Å². The summed E-state index contributed by atoms with van der Waals surface area (Å²) in [6, 6.07) is 23.0. The van der Waals surface area contributed by atoms with Crippen LogP contribution in [0, 0.1) is 6.92 Å². The minimum Gasteiger partial charge on any atom is -0.378 e. The molecule has 156 valence electrons. The van der Waals surface area contributed by atoms with Crippen LogP contribution in [0.25, 0.3) is 0 Å². The van der Waals surface area contributed by atoms with Crippen LogP contribution in [0.3, 0.4) is 0 Å². The standard InChI is InChI=1S/C24H26N2O3S/c1-18-9-7-8-12-22(18)24(27)25-17-23(19-13-15-20(16-14-19)26(2)3)30(28,29)21-10-5-4-6-11-21/h4-16,23H,17H2,1-3H3,(H,25,27)/t23-/m1/s1. The van der Waals surface area contributed by atoms with Gasteiger partial charge in [0.1, 0.15) is 5.25 Å². The normalized spacial score (nSPS) is 12.2. The van der Waals surface area contributed by atoms with E-state index in [1.807, 2.05) is 50.2 Å². The van der Waals surface area contributed by atoms with Gasteiger partial charge >= 0.3 is 0 Å². The van der Waals surface area contributed by atoms with Crippen LogP contribution >= 0.6 is 0 Å². The van der Waals surface area contributed by atoms with Crippen molar-refractivity contribution in [3.8, 4) is 0 Å². The maximum atomic E-state index is 13.4. The Labute approximate surface area is 178 Å². The smallest absolute Gasteiger partial charge is 0.251 e. The number of aryl methyl sites for hydroxylation is 1. The van der Waals surface area contributed by atoms with Crippen molar-refractivity contribution in [1.29, 1.82) is 0 Å². The lowest BCUT2D eigenvalue weighted by atomic mass is 10.1. The van der Waals surface area contributed by atoms with E-state index < -0.39 is 15.1 Å². The molecule has 6 heteroatoms. The molecule has 3 aromatic carbocycles. The number of nitrogens with one attached hydrogen (secondary N) is 1. The average Bonchev–Trinajstić information content (AvgIpc) is 2.75. The number of benzene rings is 3. The SMILES string of the molecule is Cc1ccccc1C(=O)NC[C@H](c1ccc(N(C)C)cc1)S(=O)(=O)c1ccccc1. The van der Waals surface area contributed by atoms with Crippen molar-refractivity contribution in [3.63, 3.8) is 0 Å². The predicted molar refractivity (Wildman–Crippen MR) is 121 cm³/mol. The highest BCUT2D eigenvalue weighted by molar-refractivity contribution is 7.91. The third-order valence-electron chi connectivity index (χ3n) is 5.07. The highest BCUT2D eigenvalue weighted by Crippen LogP contribution is 2.29. The van der Waals surface area contributed by atoms with Gasteiger partial charge in [-0.15, -0.1) is 0 Å². The fourth-order valence-corrected chi connectivity index (χ4v) is 4.96. The van der Waals surface area contributed by atoms with E-state index in [1.165, 1.54) is 0 Å². The van der Waals surface area contributed by atoms with Crippen molar-refractivity contribution in [2.75, 3.05) is 25.5 Å². The van der Waals surface area contributed by atoms with Crippen LogP contribution in [-0.4, -0.2) is 35.0 Å². The third kappa shape index (κ3) is 4.71. The van der Waals surface area contributed by atoms with Crippen molar-refractivity contribution in [3.05, 3.63) is 95.6 Å². The lowest BCUT2D eigenvalue weighted by Crippen LogP contribution is -2.32. The zero-order valence-electron chi connectivity index (χ0n) is 17.4. The maximum absolute atomic E-state index is 13.4. The maximum Gasteiger partial charge on any atom is 0.251 e. The van der Waals surface area contributed by atoms with E-state index in [0.29, 0.717) is 11.1 Å². The first-order valence-corrected chi connectivity index (χ1v) is 11.3. The molecule has 30 heavy (non-hydrogen) atoms. The first-order chi connectivity index (χ1) is 14.3. The molecule has 3 aromatic rings. The van der Waals surface area contributed by atoms with Crippen molar-refractivity contribution in [2.45, 2.75) is 17.1 Å². The highest BCUT2D eigenvalue weighted by Gasteiger charge is 2.29. The van der Waals surface area contributed by atoms with Gasteiger partial charge in [0.25, 0.3) is 5.91 Å². The summed E-state index contributed by atoms with van der Waals surface area (Å²) in [4.78, 5) is 14.9. The summed E-state index contributed by atoms with van der Waals surface area (Å²) in [5.74, 6) is -0.286. The first-order valence-electron chi connectivity index (χ1n) is 9.71. The van der Waals surface area contributed by atoms with Gasteiger partial charge < -0.3 is 10.2 Å². The summed E-state index contributed by atoms with van der Waals surface area (Å²) in [6.07, 6.45) is 0. The number of hydrogen-bond donors (Lipinski definition) is 1. The quantitative estimate of drug-likeness (QED) is 0.625. The average molecular weight is 423 g/mol. The van der Waals surface area contributed by atoms with Gasteiger partial charge in [0.15, 0.2) is 9.84 Å². The second kappa shape index (κ2) is 9.13. The van der Waals surface area contributed by atoms with E-state index in [0.717, 1.165) is 11.3 Å². The second-order valence-corrected chi connectivity index (χ2v) is 9.49. The molecular formula is C24H26N2O3S. The number of sulfone groups is 1. The molecule has 0 aliphatic carbocycles. The summed E-state index contributed by atoms with van der Waals surface area (Å²) in [6.45, 7) is 1.83. The van der Waals surface area contributed by atoms with Gasteiger partial charge in [-0.25, -0.2) is 8.42 Å². The fourth-order valence-electron chi connectivity index (χ4n) is 3.28. The van der Waals surface area contributed by atoms with E-state index in [1.54, 1.807) is 54.6 Å². The van der Waals surface area contributed by atoms with Crippen LogP contribution in [0.5, 0.6) is 0 Å². The minimum atomic E-state index is -3.70. The van der Waals surface area contributed by atoms with Gasteiger partial charge in [-0.2, -0.15) is 0 Å². The number of carbonyl (C=O) groups excluding carboxylic acids is 1. The van der Waals surface area contributed by atoms with E-state index in [4.69, 9.17) is 0 Å². The molecule has 0 spiro atoms. The summed E-state index contributed by atoms with van der Waals surface area (Å²) in [5, 5.41) is 1.92. The van der Waals surface area contributed by atoms with Gasteiger partial charge in [0.2, 0.25) is 0 Å². The van der Waals surface area contributed by atoms with Gasteiger partial charge in [-0.3, -0.25) is 4.79 Å². The molecule has 1 atom stereocenters. The summed E-state index contributed by atoms with van der Waals surface area (Å²) in [5.41, 5.74) is 2.98. The zero-order chi connectivity index (χ0) is 21.7. The predicted octanol–water partition coefficient (Wildman–Crippen LogP) is 4.01. The monoisotopic (exact) mass is 422 g/mol. The third-order valence-corrected chi connectivity index (χ3v) is 7.18. The summed E-state index contributed by atoms with van der Waals surface area (Å²) >= 11 is 0. The largest absolute Gasteiger partial charge is 0.378 e. The lowest BCUT2D eigenvalue weighted by Gasteiger charge is -2.20. The van der Waals surface area contributed by atoms with Gasteiger partial charge in [0, 0.05) is 31.9 Å². The Morgan fingerprint density at radius 2 is 1.50 bits per heavy atom. The van der Waals surface area contributed by atoms with Crippen molar-refractivity contribution in [1.82, 2.24) is 5.32 Å². The van der Waals surface area contributed by atoms with Crippen molar-refractivity contribution in [2.24, 2.45) is 0 Å². The Bertz CT molecular complexity index is 1110. The van der Waals surface area contributed by atoms with Crippen molar-refractivity contribution < 1.29 is 13.2 Å². The molecule has 0 aliphatic rings. The molecule has 0 saturated heterocycles. The van der Waals surface area contributed by atoms with Crippen LogP contribution in [0.2, 0.25) is 0 Å². The molecule has 0 aliphatic heterocycles. The van der Waals surface area contributed by atoms with Crippen LogP contribution < -0.4 is 10.2 Å². The Kier molecular flexibility index (Phi) is 6.57. The molecule has 0 saturated carbocycles. The van der Waals surface area contributed by atoms with Crippen LogP contribution in [-0.2, 0) is 9.84 Å². The fraction of sp³-hybridized carbons (Fsp3) is 0.208. The first kappa shape index (κ1) is 21.6. The molecule has 1 N–H and O–H groups in total. The van der Waals surface area contributed by atoms with Gasteiger partial charge in [-0.05, 0) is 48.4 Å². The Hall–Kier alpha value is -3.12.